The topological polar surface area (TPSA) is 70.8 Å². The summed E-state index contributed by atoms with van der Waals surface area (Å²) in [5.41, 5.74) is 0.883. The van der Waals surface area contributed by atoms with Crippen molar-refractivity contribution < 1.29 is 9.15 Å². The summed E-state index contributed by atoms with van der Waals surface area (Å²) in [7, 11) is 0. The molecule has 0 N–H and O–H groups in total. The zero-order chi connectivity index (χ0) is 18.1. The van der Waals surface area contributed by atoms with Crippen molar-refractivity contribution >= 4 is 28.6 Å². The molecule has 3 aromatic heterocycles. The van der Waals surface area contributed by atoms with E-state index in [4.69, 9.17) is 14.1 Å². The van der Waals surface area contributed by atoms with Crippen LogP contribution in [-0.4, -0.2) is 67.4 Å². The van der Waals surface area contributed by atoms with Crippen LogP contribution in [0.4, 0.5) is 17.6 Å². The molecule has 0 unspecified atom stereocenters. The average molecular weight is 366 g/mol. The molecule has 2 fully saturated rings. The number of pyridine rings is 1. The highest BCUT2D eigenvalue weighted by Crippen LogP contribution is 2.27. The van der Waals surface area contributed by atoms with Gasteiger partial charge in [-0.15, -0.1) is 0 Å². The standard InChI is InChI=1S/C19H22N6O2/c1-4-20-18(15-3-12-27-16(1)15)24-8-6-23(7-9-24)17-2-5-21-19(22-17)25-10-13-26-14-11-25/h1-5,12H,6-11,13-14H2. The van der Waals surface area contributed by atoms with Crippen LogP contribution < -0.4 is 14.7 Å². The molecule has 0 radical (unpaired) electrons. The third-order valence-electron chi connectivity index (χ3n) is 5.18. The second kappa shape index (κ2) is 7.03. The normalized spacial score (nSPS) is 18.3. The minimum atomic E-state index is 0.735. The van der Waals surface area contributed by atoms with Crippen LogP contribution in [0.2, 0.25) is 0 Å². The molecular weight excluding hydrogens is 344 g/mol. The lowest BCUT2D eigenvalue weighted by molar-refractivity contribution is 0.122. The fraction of sp³-hybridized carbons (Fsp3) is 0.421. The number of ether oxygens (including phenoxy) is 1. The van der Waals surface area contributed by atoms with Gasteiger partial charge in [-0.05, 0) is 18.2 Å². The molecule has 2 aliphatic rings. The van der Waals surface area contributed by atoms with Gasteiger partial charge in [0.1, 0.15) is 17.2 Å². The number of nitrogens with zero attached hydrogens (tertiary/aromatic N) is 6. The monoisotopic (exact) mass is 366 g/mol. The van der Waals surface area contributed by atoms with E-state index in [2.05, 4.69) is 24.7 Å². The largest absolute Gasteiger partial charge is 0.464 e. The van der Waals surface area contributed by atoms with E-state index in [0.29, 0.717) is 0 Å². The quantitative estimate of drug-likeness (QED) is 0.695. The number of anilines is 3. The van der Waals surface area contributed by atoms with E-state index >= 15 is 0 Å². The van der Waals surface area contributed by atoms with Gasteiger partial charge in [-0.2, -0.15) is 4.98 Å². The third kappa shape index (κ3) is 3.16. The highest BCUT2D eigenvalue weighted by Gasteiger charge is 2.22. The van der Waals surface area contributed by atoms with Crippen molar-refractivity contribution in [2.24, 2.45) is 0 Å². The predicted molar refractivity (Wildman–Crippen MR) is 103 cm³/mol. The van der Waals surface area contributed by atoms with E-state index in [-0.39, 0.29) is 0 Å². The molecule has 8 heteroatoms. The van der Waals surface area contributed by atoms with Crippen LogP contribution in [0.5, 0.6) is 0 Å². The van der Waals surface area contributed by atoms with Crippen molar-refractivity contribution in [2.75, 3.05) is 67.2 Å². The van der Waals surface area contributed by atoms with Gasteiger partial charge >= 0.3 is 0 Å². The fourth-order valence-electron chi connectivity index (χ4n) is 3.71. The summed E-state index contributed by atoms with van der Waals surface area (Å²) in [5, 5.41) is 1.07. The van der Waals surface area contributed by atoms with E-state index in [0.717, 1.165) is 81.0 Å². The Kier molecular flexibility index (Phi) is 4.25. The van der Waals surface area contributed by atoms with Crippen LogP contribution in [0.3, 0.4) is 0 Å². The van der Waals surface area contributed by atoms with Crippen molar-refractivity contribution in [3.8, 4) is 0 Å². The van der Waals surface area contributed by atoms with Gasteiger partial charge in [0.05, 0.1) is 24.9 Å². The highest BCUT2D eigenvalue weighted by atomic mass is 16.5. The maximum Gasteiger partial charge on any atom is 0.227 e. The van der Waals surface area contributed by atoms with Crippen LogP contribution in [-0.2, 0) is 4.74 Å². The number of hydrogen-bond acceptors (Lipinski definition) is 8. The lowest BCUT2D eigenvalue weighted by atomic mass is 10.2. The molecule has 27 heavy (non-hydrogen) atoms. The van der Waals surface area contributed by atoms with Gasteiger partial charge in [0, 0.05) is 51.7 Å². The molecule has 0 atom stereocenters. The maximum absolute atomic E-state index is 5.50. The number of hydrogen-bond donors (Lipinski definition) is 0. The fourth-order valence-corrected chi connectivity index (χ4v) is 3.71. The average Bonchev–Trinajstić information content (AvgIpc) is 3.24. The van der Waals surface area contributed by atoms with Crippen LogP contribution in [0.15, 0.2) is 41.3 Å². The van der Waals surface area contributed by atoms with Gasteiger partial charge in [0.25, 0.3) is 0 Å². The lowest BCUT2D eigenvalue weighted by Crippen LogP contribution is -2.47. The SMILES string of the molecule is c1cc(N2CCN(c3nccc4occc34)CC2)nc(N2CCOCC2)n1. The Labute approximate surface area is 157 Å². The summed E-state index contributed by atoms with van der Waals surface area (Å²) in [6.07, 6.45) is 5.39. The Bertz CT molecular complexity index is 915. The molecule has 0 saturated carbocycles. The maximum atomic E-state index is 5.50. The van der Waals surface area contributed by atoms with E-state index in [1.54, 1.807) is 6.26 Å². The van der Waals surface area contributed by atoms with Gasteiger partial charge in [-0.25, -0.2) is 9.97 Å². The lowest BCUT2D eigenvalue weighted by Gasteiger charge is -2.36. The van der Waals surface area contributed by atoms with Crippen molar-refractivity contribution in [3.63, 3.8) is 0 Å². The Balaban J connectivity index is 1.30. The molecule has 0 spiro atoms. The Morgan fingerprint density at radius 2 is 1.56 bits per heavy atom. The van der Waals surface area contributed by atoms with Gasteiger partial charge in [-0.3, -0.25) is 0 Å². The molecule has 8 nitrogen and oxygen atoms in total. The summed E-state index contributed by atoms with van der Waals surface area (Å²) >= 11 is 0. The first kappa shape index (κ1) is 16.3. The summed E-state index contributed by atoms with van der Waals surface area (Å²) in [6, 6.07) is 5.89. The number of furan rings is 1. The number of morpholine rings is 1. The van der Waals surface area contributed by atoms with E-state index < -0.39 is 0 Å². The van der Waals surface area contributed by atoms with Crippen molar-refractivity contribution in [1.82, 2.24) is 15.0 Å². The zero-order valence-electron chi connectivity index (χ0n) is 15.1. The summed E-state index contributed by atoms with van der Waals surface area (Å²) in [4.78, 5) is 20.6. The predicted octanol–water partition coefficient (Wildman–Crippen LogP) is 1.78. The molecule has 0 amide bonds. The Morgan fingerprint density at radius 3 is 2.41 bits per heavy atom. The highest BCUT2D eigenvalue weighted by molar-refractivity contribution is 5.88. The van der Waals surface area contributed by atoms with Crippen LogP contribution >= 0.6 is 0 Å². The molecular formula is C19H22N6O2. The summed E-state index contributed by atoms with van der Waals surface area (Å²) in [5.74, 6) is 2.78. The molecule has 2 aliphatic heterocycles. The van der Waals surface area contributed by atoms with Gasteiger partial charge < -0.3 is 23.9 Å². The molecule has 2 saturated heterocycles. The first-order chi connectivity index (χ1) is 13.4. The molecule has 0 bridgehead atoms. The second-order valence-corrected chi connectivity index (χ2v) is 6.76. The number of piperazine rings is 1. The van der Waals surface area contributed by atoms with Crippen LogP contribution in [0.1, 0.15) is 0 Å². The molecule has 140 valence electrons. The Morgan fingerprint density at radius 1 is 0.778 bits per heavy atom. The van der Waals surface area contributed by atoms with Gasteiger partial charge in [0.15, 0.2) is 0 Å². The van der Waals surface area contributed by atoms with Crippen LogP contribution in [0.25, 0.3) is 11.0 Å². The number of aromatic nitrogens is 3. The first-order valence-corrected chi connectivity index (χ1v) is 9.36. The van der Waals surface area contributed by atoms with E-state index in [1.807, 2.05) is 30.6 Å². The third-order valence-corrected chi connectivity index (χ3v) is 5.18. The number of rotatable bonds is 3. The van der Waals surface area contributed by atoms with Crippen LogP contribution in [0, 0.1) is 0 Å². The molecule has 5 rings (SSSR count). The minimum Gasteiger partial charge on any atom is -0.464 e. The molecule has 0 aromatic carbocycles. The second-order valence-electron chi connectivity index (χ2n) is 6.76. The number of fused-ring (bicyclic) bond motifs is 1. The van der Waals surface area contributed by atoms with Gasteiger partial charge in [0.2, 0.25) is 5.95 Å². The zero-order valence-corrected chi connectivity index (χ0v) is 15.1. The van der Waals surface area contributed by atoms with Gasteiger partial charge in [-0.1, -0.05) is 0 Å². The smallest absolute Gasteiger partial charge is 0.227 e. The van der Waals surface area contributed by atoms with Crippen molar-refractivity contribution in [3.05, 3.63) is 36.9 Å². The summed E-state index contributed by atoms with van der Waals surface area (Å²) in [6.45, 7) is 6.75. The van der Waals surface area contributed by atoms with Crippen molar-refractivity contribution in [2.45, 2.75) is 0 Å². The van der Waals surface area contributed by atoms with E-state index in [1.165, 1.54) is 0 Å². The summed E-state index contributed by atoms with van der Waals surface area (Å²) < 4.78 is 10.9. The van der Waals surface area contributed by atoms with E-state index in [9.17, 15) is 0 Å². The Hall–Kier alpha value is -2.87. The first-order valence-electron chi connectivity index (χ1n) is 9.36. The molecule has 0 aliphatic carbocycles. The minimum absolute atomic E-state index is 0.735. The molecule has 3 aromatic rings. The molecule has 5 heterocycles. The van der Waals surface area contributed by atoms with Crippen molar-refractivity contribution in [1.29, 1.82) is 0 Å².